The van der Waals surface area contributed by atoms with Crippen molar-refractivity contribution < 1.29 is 14.0 Å². The Morgan fingerprint density at radius 2 is 1.63 bits per heavy atom. The fraction of sp³-hybridized carbons (Fsp3) is 0.300. The summed E-state index contributed by atoms with van der Waals surface area (Å²) in [4.78, 5) is 9.05. The van der Waals surface area contributed by atoms with E-state index in [1.54, 1.807) is 14.2 Å². The molecule has 27 heavy (non-hydrogen) atoms. The van der Waals surface area contributed by atoms with Crippen LogP contribution in [0.4, 0.5) is 11.7 Å². The molecule has 1 fully saturated rings. The van der Waals surface area contributed by atoms with Crippen molar-refractivity contribution in [2.75, 3.05) is 50.2 Å². The molecular formula is C20H22N4O3. The van der Waals surface area contributed by atoms with Crippen LogP contribution in [0.5, 0.6) is 11.5 Å². The number of nitrogens with zero attached hydrogens (tertiary/aromatic N) is 4. The number of hydrogen-bond acceptors (Lipinski definition) is 7. The summed E-state index contributed by atoms with van der Waals surface area (Å²) in [5.41, 5.74) is 1.99. The summed E-state index contributed by atoms with van der Waals surface area (Å²) in [5.74, 6) is 1.89. The number of piperazine rings is 1. The second-order valence-electron chi connectivity index (χ2n) is 6.28. The van der Waals surface area contributed by atoms with Crippen molar-refractivity contribution in [3.8, 4) is 22.9 Å². The van der Waals surface area contributed by atoms with Crippen molar-refractivity contribution in [1.29, 1.82) is 0 Å². The summed E-state index contributed by atoms with van der Waals surface area (Å²) in [5, 5.41) is 4.15. The smallest absolute Gasteiger partial charge is 0.324 e. The molecule has 0 atom stereocenters. The molecule has 3 aromatic rings. The van der Waals surface area contributed by atoms with Crippen molar-refractivity contribution in [2.45, 2.75) is 0 Å². The van der Waals surface area contributed by atoms with Gasteiger partial charge in [0.25, 0.3) is 0 Å². The minimum atomic E-state index is 0.492. The minimum absolute atomic E-state index is 0.492. The maximum Gasteiger partial charge on any atom is 0.324 e. The number of anilines is 2. The average Bonchev–Trinajstić information content (AvgIpc) is 3.24. The summed E-state index contributed by atoms with van der Waals surface area (Å²) in [6, 6.07) is 16.5. The lowest BCUT2D eigenvalue weighted by atomic mass is 10.2. The topological polar surface area (TPSA) is 63.9 Å². The average molecular weight is 366 g/mol. The first-order chi connectivity index (χ1) is 13.3. The molecule has 0 unspecified atom stereocenters. The quantitative estimate of drug-likeness (QED) is 0.687. The predicted molar refractivity (Wildman–Crippen MR) is 104 cm³/mol. The van der Waals surface area contributed by atoms with Gasteiger partial charge in [0.1, 0.15) is 11.5 Å². The minimum Gasteiger partial charge on any atom is -0.497 e. The van der Waals surface area contributed by atoms with Crippen molar-refractivity contribution >= 4 is 11.7 Å². The summed E-state index contributed by atoms with van der Waals surface area (Å²) in [7, 11) is 3.24. The summed E-state index contributed by atoms with van der Waals surface area (Å²) in [6.07, 6.45) is 0. The van der Waals surface area contributed by atoms with Crippen LogP contribution >= 0.6 is 0 Å². The van der Waals surface area contributed by atoms with E-state index < -0.39 is 0 Å². The Morgan fingerprint density at radius 1 is 0.889 bits per heavy atom. The highest BCUT2D eigenvalue weighted by atomic mass is 16.5. The van der Waals surface area contributed by atoms with Gasteiger partial charge in [-0.1, -0.05) is 23.4 Å². The number of para-hydroxylation sites is 1. The van der Waals surface area contributed by atoms with Gasteiger partial charge in [0.15, 0.2) is 0 Å². The van der Waals surface area contributed by atoms with E-state index >= 15 is 0 Å². The van der Waals surface area contributed by atoms with Crippen LogP contribution in [0, 0.1) is 0 Å². The molecule has 1 aliphatic rings. The number of methoxy groups -OCH3 is 2. The van der Waals surface area contributed by atoms with E-state index in [4.69, 9.17) is 14.0 Å². The predicted octanol–water partition coefficient (Wildman–Crippen LogP) is 3.08. The van der Waals surface area contributed by atoms with Crippen molar-refractivity contribution in [1.82, 2.24) is 10.1 Å². The van der Waals surface area contributed by atoms with Gasteiger partial charge in [-0.2, -0.15) is 4.98 Å². The lowest BCUT2D eigenvalue weighted by Crippen LogP contribution is -2.46. The summed E-state index contributed by atoms with van der Waals surface area (Å²) in [6.45, 7) is 3.46. The third kappa shape index (κ3) is 3.53. The zero-order valence-electron chi connectivity index (χ0n) is 15.5. The summed E-state index contributed by atoms with van der Waals surface area (Å²) < 4.78 is 16.2. The second kappa shape index (κ2) is 7.57. The standard InChI is InChI=1S/C20H22N4O3/c1-25-16-8-9-18(26-2)17(14-16)19-21-20(27-22-19)24-12-10-23(11-13-24)15-6-4-3-5-7-15/h3-9,14H,10-13H2,1-2H3. The molecule has 0 N–H and O–H groups in total. The van der Waals surface area contributed by atoms with Gasteiger partial charge in [-0.25, -0.2) is 0 Å². The van der Waals surface area contributed by atoms with E-state index in [0.717, 1.165) is 31.7 Å². The number of rotatable bonds is 5. The van der Waals surface area contributed by atoms with Gasteiger partial charge in [0, 0.05) is 31.9 Å². The van der Waals surface area contributed by atoms with Crippen LogP contribution in [0.3, 0.4) is 0 Å². The van der Waals surface area contributed by atoms with Gasteiger partial charge < -0.3 is 23.8 Å². The van der Waals surface area contributed by atoms with Crippen LogP contribution in [0.1, 0.15) is 0 Å². The molecule has 140 valence electrons. The van der Waals surface area contributed by atoms with E-state index in [1.807, 2.05) is 24.3 Å². The normalized spacial score (nSPS) is 14.3. The first kappa shape index (κ1) is 17.2. The second-order valence-corrected chi connectivity index (χ2v) is 6.28. The van der Waals surface area contributed by atoms with Crippen LogP contribution in [-0.4, -0.2) is 50.5 Å². The van der Waals surface area contributed by atoms with Gasteiger partial charge in [-0.05, 0) is 30.3 Å². The largest absolute Gasteiger partial charge is 0.497 e. The molecular weight excluding hydrogens is 344 g/mol. The third-order valence-electron chi connectivity index (χ3n) is 4.73. The monoisotopic (exact) mass is 366 g/mol. The molecule has 7 nitrogen and oxygen atoms in total. The van der Waals surface area contributed by atoms with Crippen LogP contribution in [0.25, 0.3) is 11.4 Å². The highest BCUT2D eigenvalue weighted by Crippen LogP contribution is 2.32. The van der Waals surface area contributed by atoms with Gasteiger partial charge in [-0.3, -0.25) is 0 Å². The highest BCUT2D eigenvalue weighted by molar-refractivity contribution is 5.66. The number of ether oxygens (including phenoxy) is 2. The van der Waals surface area contributed by atoms with Crippen LogP contribution in [0.15, 0.2) is 53.1 Å². The van der Waals surface area contributed by atoms with Crippen molar-refractivity contribution in [3.05, 3.63) is 48.5 Å². The molecule has 7 heteroatoms. The zero-order chi connectivity index (χ0) is 18.6. The molecule has 0 bridgehead atoms. The Hall–Kier alpha value is -3.22. The Bertz CT molecular complexity index is 889. The Balaban J connectivity index is 1.49. The molecule has 1 saturated heterocycles. The molecule has 2 aromatic carbocycles. The van der Waals surface area contributed by atoms with Crippen LogP contribution < -0.4 is 19.3 Å². The Morgan fingerprint density at radius 3 is 2.33 bits per heavy atom. The van der Waals surface area contributed by atoms with Crippen LogP contribution in [-0.2, 0) is 0 Å². The molecule has 2 heterocycles. The highest BCUT2D eigenvalue weighted by Gasteiger charge is 2.23. The fourth-order valence-corrected chi connectivity index (χ4v) is 3.24. The zero-order valence-corrected chi connectivity index (χ0v) is 15.5. The lowest BCUT2D eigenvalue weighted by molar-refractivity contribution is 0.400. The van der Waals surface area contributed by atoms with E-state index in [2.05, 4.69) is 44.2 Å². The maximum atomic E-state index is 5.52. The summed E-state index contributed by atoms with van der Waals surface area (Å²) >= 11 is 0. The SMILES string of the molecule is COc1ccc(OC)c(-c2noc(N3CCN(c4ccccc4)CC3)n2)c1. The molecule has 4 rings (SSSR count). The van der Waals surface area contributed by atoms with E-state index in [1.165, 1.54) is 5.69 Å². The number of benzene rings is 2. The number of aromatic nitrogens is 2. The third-order valence-corrected chi connectivity index (χ3v) is 4.73. The molecule has 0 spiro atoms. The Kier molecular flexibility index (Phi) is 4.82. The molecule has 1 aliphatic heterocycles. The molecule has 0 saturated carbocycles. The fourth-order valence-electron chi connectivity index (χ4n) is 3.24. The molecule has 0 aliphatic carbocycles. The van der Waals surface area contributed by atoms with Gasteiger partial charge in [-0.15, -0.1) is 0 Å². The van der Waals surface area contributed by atoms with E-state index in [0.29, 0.717) is 23.3 Å². The van der Waals surface area contributed by atoms with Gasteiger partial charge in [0.2, 0.25) is 5.82 Å². The molecule has 0 amide bonds. The van der Waals surface area contributed by atoms with Gasteiger partial charge in [0.05, 0.1) is 19.8 Å². The lowest BCUT2D eigenvalue weighted by Gasteiger charge is -2.34. The maximum absolute atomic E-state index is 5.52. The Labute approximate surface area is 158 Å². The first-order valence-electron chi connectivity index (χ1n) is 8.89. The van der Waals surface area contributed by atoms with Gasteiger partial charge >= 0.3 is 6.01 Å². The molecule has 0 radical (unpaired) electrons. The van der Waals surface area contributed by atoms with E-state index in [-0.39, 0.29) is 0 Å². The first-order valence-corrected chi connectivity index (χ1v) is 8.89. The van der Waals surface area contributed by atoms with E-state index in [9.17, 15) is 0 Å². The van der Waals surface area contributed by atoms with Crippen molar-refractivity contribution in [2.24, 2.45) is 0 Å². The number of hydrogen-bond donors (Lipinski definition) is 0. The van der Waals surface area contributed by atoms with Crippen molar-refractivity contribution in [3.63, 3.8) is 0 Å². The molecule has 1 aromatic heterocycles. The van der Waals surface area contributed by atoms with Crippen LogP contribution in [0.2, 0.25) is 0 Å².